The second-order valence-corrected chi connectivity index (χ2v) is 7.84. The molecule has 2 aliphatic rings. The van der Waals surface area contributed by atoms with Gasteiger partial charge >= 0.3 is 0 Å². The molecule has 2 fully saturated rings. The van der Waals surface area contributed by atoms with Gasteiger partial charge in [0.25, 0.3) is 5.91 Å². The first-order valence-corrected chi connectivity index (χ1v) is 9.42. The Labute approximate surface area is 163 Å². The highest BCUT2D eigenvalue weighted by Gasteiger charge is 2.49. The predicted octanol–water partition coefficient (Wildman–Crippen LogP) is 2.60. The molecule has 1 aromatic carbocycles. The first kappa shape index (κ1) is 18.7. The molecule has 0 unspecified atom stereocenters. The molecule has 0 bridgehead atoms. The van der Waals surface area contributed by atoms with E-state index in [1.165, 1.54) is 12.1 Å². The zero-order valence-corrected chi connectivity index (χ0v) is 16.4. The Balaban J connectivity index is 1.58. The van der Waals surface area contributed by atoms with Gasteiger partial charge in [-0.3, -0.25) is 14.5 Å². The van der Waals surface area contributed by atoms with E-state index in [2.05, 4.69) is 0 Å². The number of rotatable bonds is 2. The minimum atomic E-state index is -0.368. The Morgan fingerprint density at radius 2 is 2.00 bits per heavy atom. The number of carbonyl (C=O) groups is 2. The predicted molar refractivity (Wildman–Crippen MR) is 103 cm³/mol. The van der Waals surface area contributed by atoms with Crippen molar-refractivity contribution in [3.8, 4) is 0 Å². The molecular weight excluding hydrogens is 361 g/mol. The molecule has 2 saturated heterocycles. The molecule has 4 rings (SSSR count). The number of halogens is 1. The summed E-state index contributed by atoms with van der Waals surface area (Å²) in [6.07, 6.45) is 0.754. The van der Waals surface area contributed by atoms with Crippen molar-refractivity contribution in [2.24, 2.45) is 0 Å². The smallest absolute Gasteiger partial charge is 0.257 e. The normalized spacial score (nSPS) is 23.1. The van der Waals surface area contributed by atoms with Gasteiger partial charge in [-0.05, 0) is 51.6 Å². The number of hydrogen-bond donors (Lipinski definition) is 0. The number of likely N-dealkylation sites (tertiary alicyclic amines) is 1. The van der Waals surface area contributed by atoms with Crippen LogP contribution in [0.5, 0.6) is 0 Å². The van der Waals surface area contributed by atoms with E-state index >= 15 is 0 Å². The number of piperazine rings is 1. The second kappa shape index (κ2) is 6.74. The van der Waals surface area contributed by atoms with Crippen LogP contribution in [0.3, 0.4) is 0 Å². The van der Waals surface area contributed by atoms with Crippen LogP contribution >= 0.6 is 0 Å². The van der Waals surface area contributed by atoms with Gasteiger partial charge in [0.05, 0.1) is 17.6 Å². The number of benzene rings is 1. The van der Waals surface area contributed by atoms with Gasteiger partial charge in [-0.2, -0.15) is 0 Å². The third-order valence-corrected chi connectivity index (χ3v) is 5.95. The highest BCUT2D eigenvalue weighted by atomic mass is 19.1. The molecule has 0 N–H and O–H groups in total. The van der Waals surface area contributed by atoms with Gasteiger partial charge in [0, 0.05) is 25.3 Å². The summed E-state index contributed by atoms with van der Waals surface area (Å²) in [5.41, 5.74) is 0.803. The van der Waals surface area contributed by atoms with Crippen LogP contribution in [-0.4, -0.2) is 60.4 Å². The summed E-state index contributed by atoms with van der Waals surface area (Å²) in [5, 5.41) is 0. The molecular formula is C21H24FN3O3. The average Bonchev–Trinajstić information content (AvgIpc) is 3.22. The number of aryl methyl sites for hydroxylation is 2. The van der Waals surface area contributed by atoms with Crippen LogP contribution in [-0.2, 0) is 4.79 Å². The summed E-state index contributed by atoms with van der Waals surface area (Å²) in [5.74, 6) is 0.857. The summed E-state index contributed by atoms with van der Waals surface area (Å²) in [6.45, 7) is 5.42. The van der Waals surface area contributed by atoms with Crippen LogP contribution in [0, 0.1) is 19.7 Å². The number of carbonyl (C=O) groups excluding carboxylic acids is 2. The Hall–Kier alpha value is -2.67. The third-order valence-electron chi connectivity index (χ3n) is 5.95. The Kier molecular flexibility index (Phi) is 4.50. The standard InChI is InChI=1S/C21H24FN3O3/c1-14-9-18(15(2)28-14)20(27)24-8-7-21(12-24)13-25(19(26)11-23(21)3)17-6-4-5-16(22)10-17/h4-6,9-10H,7-8,11-13H2,1-3H3/t21-/m0/s1. The summed E-state index contributed by atoms with van der Waals surface area (Å²) in [4.78, 5) is 31.1. The van der Waals surface area contributed by atoms with E-state index in [-0.39, 0.29) is 29.7 Å². The van der Waals surface area contributed by atoms with Gasteiger partial charge < -0.3 is 14.2 Å². The number of anilines is 1. The maximum absolute atomic E-state index is 13.7. The lowest BCUT2D eigenvalue weighted by Gasteiger charge is -2.46. The third kappa shape index (κ3) is 3.09. The van der Waals surface area contributed by atoms with Crippen LogP contribution in [0.15, 0.2) is 34.7 Å². The van der Waals surface area contributed by atoms with Gasteiger partial charge in [0.15, 0.2) is 0 Å². The maximum atomic E-state index is 13.7. The zero-order chi connectivity index (χ0) is 20.1. The quantitative estimate of drug-likeness (QED) is 0.797. The van der Waals surface area contributed by atoms with E-state index in [0.717, 1.165) is 6.42 Å². The summed E-state index contributed by atoms with van der Waals surface area (Å²) >= 11 is 0. The van der Waals surface area contributed by atoms with Crippen molar-refractivity contribution in [2.75, 3.05) is 38.1 Å². The maximum Gasteiger partial charge on any atom is 0.257 e. The number of furan rings is 1. The van der Waals surface area contributed by atoms with Crippen LogP contribution in [0.4, 0.5) is 10.1 Å². The van der Waals surface area contributed by atoms with E-state index in [1.54, 1.807) is 30.0 Å². The molecule has 3 heterocycles. The number of amides is 2. The first-order chi connectivity index (χ1) is 13.3. The molecule has 0 radical (unpaired) electrons. The molecule has 1 spiro atoms. The van der Waals surface area contributed by atoms with E-state index in [9.17, 15) is 14.0 Å². The lowest BCUT2D eigenvalue weighted by atomic mass is 9.92. The molecule has 7 heteroatoms. The van der Waals surface area contributed by atoms with Crippen LogP contribution < -0.4 is 4.90 Å². The topological polar surface area (TPSA) is 57.0 Å². The number of likely N-dealkylation sites (N-methyl/N-ethyl adjacent to an activating group) is 1. The molecule has 2 amide bonds. The molecule has 28 heavy (non-hydrogen) atoms. The van der Waals surface area contributed by atoms with E-state index in [1.807, 2.05) is 23.8 Å². The van der Waals surface area contributed by atoms with Gasteiger partial charge in [-0.1, -0.05) is 6.07 Å². The first-order valence-electron chi connectivity index (χ1n) is 9.42. The summed E-state index contributed by atoms with van der Waals surface area (Å²) in [6, 6.07) is 7.88. The minimum Gasteiger partial charge on any atom is -0.466 e. The fraction of sp³-hybridized carbons (Fsp3) is 0.429. The monoisotopic (exact) mass is 385 g/mol. The Bertz CT molecular complexity index is 941. The van der Waals surface area contributed by atoms with Crippen LogP contribution in [0.1, 0.15) is 28.3 Å². The van der Waals surface area contributed by atoms with Crippen molar-refractivity contribution >= 4 is 17.5 Å². The van der Waals surface area contributed by atoms with E-state index < -0.39 is 0 Å². The SMILES string of the molecule is Cc1cc(C(=O)N2CC[C@]3(C2)CN(c2cccc(F)c2)C(=O)CN3C)c(C)o1. The van der Waals surface area contributed by atoms with Crippen molar-refractivity contribution < 1.29 is 18.4 Å². The van der Waals surface area contributed by atoms with E-state index in [4.69, 9.17) is 4.42 Å². The Morgan fingerprint density at radius 1 is 1.21 bits per heavy atom. The largest absolute Gasteiger partial charge is 0.466 e. The summed E-state index contributed by atoms with van der Waals surface area (Å²) in [7, 11) is 1.92. The summed E-state index contributed by atoms with van der Waals surface area (Å²) < 4.78 is 19.2. The second-order valence-electron chi connectivity index (χ2n) is 7.84. The fourth-order valence-electron chi connectivity index (χ4n) is 4.32. The van der Waals surface area contributed by atoms with Gasteiger partial charge in [-0.15, -0.1) is 0 Å². The molecule has 2 aliphatic heterocycles. The van der Waals surface area contributed by atoms with Gasteiger partial charge in [0.2, 0.25) is 5.91 Å². The molecule has 6 nitrogen and oxygen atoms in total. The minimum absolute atomic E-state index is 0.0474. The molecule has 1 aromatic heterocycles. The fourth-order valence-corrected chi connectivity index (χ4v) is 4.32. The molecule has 0 aliphatic carbocycles. The molecule has 1 atom stereocenters. The van der Waals surface area contributed by atoms with Crippen molar-refractivity contribution in [1.82, 2.24) is 9.80 Å². The van der Waals surface area contributed by atoms with Crippen molar-refractivity contribution in [2.45, 2.75) is 25.8 Å². The van der Waals surface area contributed by atoms with Crippen molar-refractivity contribution in [3.63, 3.8) is 0 Å². The highest BCUT2D eigenvalue weighted by Crippen LogP contribution is 2.34. The van der Waals surface area contributed by atoms with Crippen LogP contribution in [0.25, 0.3) is 0 Å². The van der Waals surface area contributed by atoms with Gasteiger partial charge in [-0.25, -0.2) is 4.39 Å². The van der Waals surface area contributed by atoms with Gasteiger partial charge in [0.1, 0.15) is 17.3 Å². The Morgan fingerprint density at radius 3 is 2.68 bits per heavy atom. The lowest BCUT2D eigenvalue weighted by molar-refractivity contribution is -0.123. The van der Waals surface area contributed by atoms with Crippen molar-refractivity contribution in [1.29, 1.82) is 0 Å². The lowest BCUT2D eigenvalue weighted by Crippen LogP contribution is -2.64. The number of nitrogens with zero attached hydrogens (tertiary/aromatic N) is 3. The molecule has 2 aromatic rings. The molecule has 148 valence electrons. The number of hydrogen-bond acceptors (Lipinski definition) is 4. The highest BCUT2D eigenvalue weighted by molar-refractivity contribution is 5.97. The molecule has 0 saturated carbocycles. The van der Waals surface area contributed by atoms with Crippen LogP contribution in [0.2, 0.25) is 0 Å². The van der Waals surface area contributed by atoms with Crippen molar-refractivity contribution in [3.05, 3.63) is 53.2 Å². The van der Waals surface area contributed by atoms with E-state index in [0.29, 0.717) is 42.4 Å². The average molecular weight is 385 g/mol. The zero-order valence-electron chi connectivity index (χ0n) is 16.4.